The lowest BCUT2D eigenvalue weighted by molar-refractivity contribution is 0.249. The van der Waals surface area contributed by atoms with Crippen LogP contribution in [0.3, 0.4) is 0 Å². The van der Waals surface area contributed by atoms with E-state index in [1.807, 2.05) is 5.43 Å². The molecule has 0 unspecified atom stereocenters. The summed E-state index contributed by atoms with van der Waals surface area (Å²) in [7, 11) is 1.45. The number of nitrogens with one attached hydrogen (secondary N) is 1. The molecule has 1 aromatic rings. The summed E-state index contributed by atoms with van der Waals surface area (Å²) in [6, 6.07) is 2.59. The number of phenols is 1. The van der Waals surface area contributed by atoms with Crippen molar-refractivity contribution in [3.05, 3.63) is 21.3 Å². The van der Waals surface area contributed by atoms with Gasteiger partial charge in [0.05, 0.1) is 13.3 Å². The van der Waals surface area contributed by atoms with E-state index in [-0.39, 0.29) is 5.75 Å². The molecule has 0 aliphatic carbocycles. The maximum absolute atomic E-state index is 10.4. The Morgan fingerprint density at radius 3 is 2.94 bits per heavy atom. The van der Waals surface area contributed by atoms with Crippen molar-refractivity contribution in [3.63, 3.8) is 0 Å². The predicted molar refractivity (Wildman–Crippen MR) is 67.7 cm³/mol. The summed E-state index contributed by atoms with van der Waals surface area (Å²) in [5, 5.41) is 13.3. The molecule has 7 heteroatoms. The van der Waals surface area contributed by atoms with Crippen molar-refractivity contribution in [2.24, 2.45) is 10.8 Å². The van der Waals surface area contributed by atoms with Crippen LogP contribution in [-0.2, 0) is 0 Å². The van der Waals surface area contributed by atoms with Gasteiger partial charge in [0.25, 0.3) is 0 Å². The molecule has 0 saturated heterocycles. The van der Waals surface area contributed by atoms with Gasteiger partial charge >= 0.3 is 6.03 Å². The highest BCUT2D eigenvalue weighted by Crippen LogP contribution is 2.30. The number of carbonyl (C=O) groups excluding carboxylic acids is 1. The zero-order valence-electron chi connectivity index (χ0n) is 8.40. The average Bonchev–Trinajstić information content (AvgIpc) is 2.22. The lowest BCUT2D eigenvalue weighted by Crippen LogP contribution is -2.24. The van der Waals surface area contributed by atoms with E-state index in [4.69, 9.17) is 10.5 Å². The zero-order valence-corrected chi connectivity index (χ0v) is 10.6. The lowest BCUT2D eigenvalue weighted by Gasteiger charge is -2.06. The number of hydrogen-bond donors (Lipinski definition) is 3. The van der Waals surface area contributed by atoms with E-state index in [9.17, 15) is 9.90 Å². The van der Waals surface area contributed by atoms with Crippen LogP contribution < -0.4 is 15.9 Å². The SMILES string of the molecule is COc1cc(I)cc(/C=N/NC(N)=O)c1O. The van der Waals surface area contributed by atoms with Gasteiger partial charge in [-0.05, 0) is 34.7 Å². The van der Waals surface area contributed by atoms with Gasteiger partial charge in [-0.2, -0.15) is 5.10 Å². The second kappa shape index (κ2) is 5.54. The molecule has 1 aromatic carbocycles. The maximum atomic E-state index is 10.4. The number of hydrazone groups is 1. The highest BCUT2D eigenvalue weighted by atomic mass is 127. The smallest absolute Gasteiger partial charge is 0.332 e. The molecule has 6 nitrogen and oxygen atoms in total. The van der Waals surface area contributed by atoms with Crippen molar-refractivity contribution in [2.45, 2.75) is 0 Å². The zero-order chi connectivity index (χ0) is 12.1. The fourth-order valence-electron chi connectivity index (χ4n) is 1.01. The summed E-state index contributed by atoms with van der Waals surface area (Å²) in [6.45, 7) is 0. The number of hydrogen-bond acceptors (Lipinski definition) is 4. The Bertz CT molecular complexity index is 434. The number of benzene rings is 1. The number of methoxy groups -OCH3 is 1. The minimum atomic E-state index is -0.770. The maximum Gasteiger partial charge on any atom is 0.332 e. The standard InChI is InChI=1S/C9H10IN3O3/c1-16-7-3-6(10)2-5(8(7)14)4-12-13-9(11)15/h2-4,14H,1H3,(H3,11,13,15)/b12-4+. The molecule has 0 heterocycles. The fraction of sp³-hybridized carbons (Fsp3) is 0.111. The first-order valence-electron chi connectivity index (χ1n) is 4.19. The number of halogens is 1. The highest BCUT2D eigenvalue weighted by molar-refractivity contribution is 14.1. The van der Waals surface area contributed by atoms with Crippen LogP contribution in [0.2, 0.25) is 0 Å². The van der Waals surface area contributed by atoms with Crippen LogP contribution in [0.1, 0.15) is 5.56 Å². The third-order valence-corrected chi connectivity index (χ3v) is 2.29. The predicted octanol–water partition coefficient (Wildman–Crippen LogP) is 1.01. The van der Waals surface area contributed by atoms with E-state index in [1.54, 1.807) is 12.1 Å². The molecule has 0 radical (unpaired) electrons. The molecular weight excluding hydrogens is 325 g/mol. The van der Waals surface area contributed by atoms with Crippen molar-refractivity contribution in [2.75, 3.05) is 7.11 Å². The summed E-state index contributed by atoms with van der Waals surface area (Å²) in [4.78, 5) is 10.4. The second-order valence-electron chi connectivity index (χ2n) is 2.78. The van der Waals surface area contributed by atoms with Crippen LogP contribution in [0.4, 0.5) is 4.79 Å². The van der Waals surface area contributed by atoms with Crippen LogP contribution >= 0.6 is 22.6 Å². The lowest BCUT2D eigenvalue weighted by atomic mass is 10.2. The Kier molecular flexibility index (Phi) is 4.35. The fourth-order valence-corrected chi connectivity index (χ4v) is 1.63. The van der Waals surface area contributed by atoms with Crippen molar-refractivity contribution < 1.29 is 14.6 Å². The van der Waals surface area contributed by atoms with E-state index in [1.165, 1.54) is 13.3 Å². The van der Waals surface area contributed by atoms with Gasteiger partial charge in [-0.3, -0.25) is 0 Å². The molecule has 0 spiro atoms. The van der Waals surface area contributed by atoms with Gasteiger partial charge < -0.3 is 15.6 Å². The summed E-state index contributed by atoms with van der Waals surface area (Å²) < 4.78 is 5.83. The van der Waals surface area contributed by atoms with Crippen molar-refractivity contribution in [3.8, 4) is 11.5 Å². The molecule has 2 amide bonds. The molecule has 1 rings (SSSR count). The summed E-state index contributed by atoms with van der Waals surface area (Å²) in [5.41, 5.74) is 7.29. The van der Waals surface area contributed by atoms with E-state index in [2.05, 4.69) is 27.7 Å². The molecule has 16 heavy (non-hydrogen) atoms. The van der Waals surface area contributed by atoms with E-state index in [0.717, 1.165) is 3.57 Å². The van der Waals surface area contributed by atoms with E-state index < -0.39 is 6.03 Å². The largest absolute Gasteiger partial charge is 0.504 e. The van der Waals surface area contributed by atoms with Gasteiger partial charge in [-0.15, -0.1) is 0 Å². The first kappa shape index (κ1) is 12.6. The van der Waals surface area contributed by atoms with Crippen molar-refractivity contribution in [1.82, 2.24) is 5.43 Å². The average molecular weight is 335 g/mol. The number of rotatable bonds is 3. The molecule has 86 valence electrons. The van der Waals surface area contributed by atoms with Gasteiger partial charge in [0.2, 0.25) is 0 Å². The normalized spacial score (nSPS) is 10.4. The molecule has 0 aliphatic rings. The van der Waals surface area contributed by atoms with Crippen molar-refractivity contribution >= 4 is 34.8 Å². The number of amides is 2. The second-order valence-corrected chi connectivity index (χ2v) is 4.03. The number of nitrogens with zero attached hydrogens (tertiary/aromatic N) is 1. The van der Waals surface area contributed by atoms with Gasteiger partial charge in [-0.1, -0.05) is 0 Å². The Balaban J connectivity index is 2.99. The first-order chi connectivity index (χ1) is 7.54. The molecule has 0 atom stereocenters. The minimum absolute atomic E-state index is 0.0436. The van der Waals surface area contributed by atoms with Gasteiger partial charge in [-0.25, -0.2) is 10.2 Å². The Morgan fingerprint density at radius 2 is 2.38 bits per heavy atom. The number of ether oxygens (including phenoxy) is 1. The first-order valence-corrected chi connectivity index (χ1v) is 5.27. The number of urea groups is 1. The van der Waals surface area contributed by atoms with Crippen LogP contribution in [-0.4, -0.2) is 24.5 Å². The third-order valence-electron chi connectivity index (χ3n) is 1.67. The molecule has 0 fully saturated rings. The summed E-state index contributed by atoms with van der Waals surface area (Å²) >= 11 is 2.07. The van der Waals surface area contributed by atoms with E-state index >= 15 is 0 Å². The quantitative estimate of drug-likeness (QED) is 0.437. The number of primary amides is 1. The molecule has 0 bridgehead atoms. The van der Waals surface area contributed by atoms with Crippen LogP contribution in [0.15, 0.2) is 17.2 Å². The van der Waals surface area contributed by atoms with Crippen molar-refractivity contribution in [1.29, 1.82) is 0 Å². The summed E-state index contributed by atoms with van der Waals surface area (Å²) in [5.74, 6) is 0.297. The molecule has 0 saturated carbocycles. The van der Waals surface area contributed by atoms with Gasteiger partial charge in [0, 0.05) is 9.13 Å². The molecule has 0 aliphatic heterocycles. The Morgan fingerprint density at radius 1 is 1.69 bits per heavy atom. The third kappa shape index (κ3) is 3.26. The number of nitrogens with two attached hydrogens (primary N) is 1. The van der Waals surface area contributed by atoms with Crippen LogP contribution in [0, 0.1) is 3.57 Å². The van der Waals surface area contributed by atoms with Crippen LogP contribution in [0.5, 0.6) is 11.5 Å². The Hall–Kier alpha value is -1.51. The van der Waals surface area contributed by atoms with Gasteiger partial charge in [0.1, 0.15) is 0 Å². The molecule has 4 N–H and O–H groups in total. The topological polar surface area (TPSA) is 96.9 Å². The number of aromatic hydroxyl groups is 1. The highest BCUT2D eigenvalue weighted by Gasteiger charge is 2.07. The number of carbonyl (C=O) groups is 1. The monoisotopic (exact) mass is 335 g/mol. The molecular formula is C9H10IN3O3. The van der Waals surface area contributed by atoms with Gasteiger partial charge in [0.15, 0.2) is 11.5 Å². The Labute approximate surface area is 106 Å². The molecule has 0 aromatic heterocycles. The number of phenolic OH excluding ortho intramolecular Hbond substituents is 1. The van der Waals surface area contributed by atoms with E-state index in [0.29, 0.717) is 11.3 Å². The summed E-state index contributed by atoms with van der Waals surface area (Å²) in [6.07, 6.45) is 1.28. The minimum Gasteiger partial charge on any atom is -0.504 e. The van der Waals surface area contributed by atoms with Crippen LogP contribution in [0.25, 0.3) is 0 Å².